The Balaban J connectivity index is 0.000000281. The maximum absolute atomic E-state index is 12.8. The topological polar surface area (TPSA) is 135 Å². The van der Waals surface area contributed by atoms with Crippen LogP contribution in [-0.2, 0) is 9.84 Å². The van der Waals surface area contributed by atoms with Crippen LogP contribution in [0.25, 0.3) is 11.1 Å². The van der Waals surface area contributed by atoms with Crippen molar-refractivity contribution in [3.63, 3.8) is 0 Å². The van der Waals surface area contributed by atoms with Gasteiger partial charge >= 0.3 is 0 Å². The van der Waals surface area contributed by atoms with Crippen molar-refractivity contribution in [1.29, 1.82) is 5.26 Å². The van der Waals surface area contributed by atoms with Gasteiger partial charge in [-0.05, 0) is 161 Å². The zero-order valence-corrected chi connectivity index (χ0v) is 40.3. The van der Waals surface area contributed by atoms with E-state index in [1.54, 1.807) is 72.4 Å². The molecular weight excluding hydrogens is 875 g/mol. The van der Waals surface area contributed by atoms with Gasteiger partial charge in [0, 0.05) is 40.4 Å². The lowest BCUT2D eigenvalue weighted by atomic mass is 10.0. The monoisotopic (exact) mass is 935 g/mol. The van der Waals surface area contributed by atoms with Crippen molar-refractivity contribution >= 4 is 44.7 Å². The van der Waals surface area contributed by atoms with Gasteiger partial charge in [0.2, 0.25) is 9.84 Å². The molecule has 0 aliphatic carbocycles. The van der Waals surface area contributed by atoms with E-state index in [2.05, 4.69) is 85.3 Å². The Morgan fingerprint density at radius 3 is 1.46 bits per heavy atom. The number of amides is 1. The van der Waals surface area contributed by atoms with Crippen molar-refractivity contribution in [2.75, 3.05) is 31.0 Å². The van der Waals surface area contributed by atoms with E-state index in [0.717, 1.165) is 28.9 Å². The maximum atomic E-state index is 12.8. The number of nitrogens with zero attached hydrogens (tertiary/aromatic N) is 1. The number of thioether (sulfide) groups is 1. The van der Waals surface area contributed by atoms with Gasteiger partial charge in [-0.25, -0.2) is 8.42 Å². The van der Waals surface area contributed by atoms with Crippen LogP contribution in [0.2, 0.25) is 0 Å². The third-order valence-corrected chi connectivity index (χ3v) is 12.6. The number of anilines is 2. The molecule has 67 heavy (non-hydrogen) atoms. The molecule has 7 aromatic carbocycles. The van der Waals surface area contributed by atoms with Crippen LogP contribution >= 0.6 is 11.8 Å². The smallest absolute Gasteiger partial charge is 0.255 e. The molecule has 9 nitrogen and oxygen atoms in total. The number of aryl methyl sites for hydroxylation is 2. The van der Waals surface area contributed by atoms with Gasteiger partial charge in [0.15, 0.2) is 5.78 Å². The third-order valence-electron chi connectivity index (χ3n) is 10.1. The highest BCUT2D eigenvalue weighted by Gasteiger charge is 2.18. The van der Waals surface area contributed by atoms with Gasteiger partial charge in [-0.3, -0.25) is 9.59 Å². The molecule has 11 heteroatoms. The van der Waals surface area contributed by atoms with Crippen molar-refractivity contribution in [1.82, 2.24) is 0 Å². The number of methoxy groups -OCH3 is 1. The van der Waals surface area contributed by atoms with E-state index in [-0.39, 0.29) is 34.8 Å². The van der Waals surface area contributed by atoms with E-state index in [4.69, 9.17) is 14.7 Å². The van der Waals surface area contributed by atoms with E-state index in [1.807, 2.05) is 69.4 Å². The summed E-state index contributed by atoms with van der Waals surface area (Å²) in [5.41, 5.74) is 7.62. The lowest BCUT2D eigenvalue weighted by Gasteiger charge is -2.09. The Bertz CT molecular complexity index is 2740. The first-order chi connectivity index (χ1) is 31.7. The average molecular weight is 936 g/mol. The van der Waals surface area contributed by atoms with Gasteiger partial charge in [0.1, 0.15) is 17.2 Å². The summed E-state index contributed by atoms with van der Waals surface area (Å²) in [4.78, 5) is 25.0. The number of hydrogen-bond donors (Lipinski definition) is 2. The summed E-state index contributed by atoms with van der Waals surface area (Å²) < 4.78 is 36.6. The van der Waals surface area contributed by atoms with Gasteiger partial charge < -0.3 is 20.1 Å². The van der Waals surface area contributed by atoms with Crippen LogP contribution in [0.1, 0.15) is 66.5 Å². The second-order valence-electron chi connectivity index (χ2n) is 15.0. The molecule has 0 bridgehead atoms. The summed E-state index contributed by atoms with van der Waals surface area (Å²) in [5.74, 6) is 1.89. The number of carbonyl (C=O) groups excluding carboxylic acids is 2. The first-order valence-corrected chi connectivity index (χ1v) is 23.9. The number of carbonyl (C=O) groups is 2. The van der Waals surface area contributed by atoms with Crippen molar-refractivity contribution in [2.24, 2.45) is 5.92 Å². The molecule has 0 fully saturated rings. The number of nitrogens with one attached hydrogen (secondary N) is 2. The number of sulfone groups is 1. The fourth-order valence-electron chi connectivity index (χ4n) is 5.72. The molecule has 7 rings (SSSR count). The van der Waals surface area contributed by atoms with E-state index >= 15 is 0 Å². The standard InChI is InChI=1S/C26H22O4S.C16H16N2O2.C8H10S.C5H9N.CH4/c1-19-3-5-20(6-4-19)21-7-9-23(10-8-21)30-24-13-17-26(18-14-24)31(27,28)25-15-11-22(29-2)12-16-25;1-11(19)12-3-5-13(6-4-12)16(20)18-15-9-7-14(17-2)8-10-15;1-7-3-5-8(9-2)6-4-7;1-3-5(2)4-6;/h3-18H,1-2H3;3-10,17H,1-2H3,(H,18,20);3-6H,1-2H3;5H,3H2,1-2H3;1H4. The highest BCUT2D eigenvalue weighted by atomic mass is 32.2. The second kappa shape index (κ2) is 27.4. The minimum atomic E-state index is -3.60. The second-order valence-corrected chi connectivity index (χ2v) is 17.8. The number of ether oxygens (including phenoxy) is 2. The molecule has 0 heterocycles. The van der Waals surface area contributed by atoms with Crippen molar-refractivity contribution in [3.8, 4) is 34.4 Å². The van der Waals surface area contributed by atoms with E-state index in [1.165, 1.54) is 42.2 Å². The summed E-state index contributed by atoms with van der Waals surface area (Å²) in [7, 11) is -0.227. The van der Waals surface area contributed by atoms with Crippen LogP contribution in [0.4, 0.5) is 11.4 Å². The lowest BCUT2D eigenvalue weighted by Crippen LogP contribution is -2.12. The van der Waals surface area contributed by atoms with Crippen LogP contribution < -0.4 is 20.1 Å². The van der Waals surface area contributed by atoms with E-state index in [9.17, 15) is 18.0 Å². The SMILES string of the molecule is C.CCC(C)C#N.CNc1ccc(NC(=O)c2ccc(C(C)=O)cc2)cc1.COc1ccc(S(=O)(=O)c2ccc(Oc3ccc(-c4ccc(C)cc4)cc3)cc2)cc1.CSc1ccc(C)cc1. The van der Waals surface area contributed by atoms with Crippen LogP contribution in [-0.4, -0.2) is 40.5 Å². The van der Waals surface area contributed by atoms with Crippen LogP contribution in [0.5, 0.6) is 17.2 Å². The normalized spacial score (nSPS) is 10.6. The summed E-state index contributed by atoms with van der Waals surface area (Å²) in [5, 5.41) is 13.9. The van der Waals surface area contributed by atoms with Gasteiger partial charge in [0.05, 0.1) is 23.0 Å². The number of Topliss-reactive ketones (excluding diaryl/α,β-unsaturated/α-hetero) is 1. The highest BCUT2D eigenvalue weighted by molar-refractivity contribution is 7.98. The molecular formula is C56H61N3O6S2. The lowest BCUT2D eigenvalue weighted by molar-refractivity contribution is 0.100. The van der Waals surface area contributed by atoms with Crippen molar-refractivity contribution < 1.29 is 27.5 Å². The summed E-state index contributed by atoms with van der Waals surface area (Å²) in [6, 6.07) is 53.6. The Morgan fingerprint density at radius 1 is 0.642 bits per heavy atom. The van der Waals surface area contributed by atoms with Gasteiger partial charge in [-0.1, -0.05) is 86.1 Å². The highest BCUT2D eigenvalue weighted by Crippen LogP contribution is 2.29. The largest absolute Gasteiger partial charge is 0.497 e. The predicted molar refractivity (Wildman–Crippen MR) is 277 cm³/mol. The summed E-state index contributed by atoms with van der Waals surface area (Å²) in [6.07, 6.45) is 3.06. The summed E-state index contributed by atoms with van der Waals surface area (Å²) >= 11 is 1.78. The Labute approximate surface area is 402 Å². The number of rotatable bonds is 12. The van der Waals surface area contributed by atoms with Gasteiger partial charge in [-0.2, -0.15) is 5.26 Å². The van der Waals surface area contributed by atoms with Crippen LogP contribution in [0.15, 0.2) is 185 Å². The zero-order valence-electron chi connectivity index (χ0n) is 38.7. The Morgan fingerprint density at radius 2 is 1.06 bits per heavy atom. The quantitative estimate of drug-likeness (QED) is 0.0907. The van der Waals surface area contributed by atoms with Crippen molar-refractivity contribution in [2.45, 2.75) is 63.2 Å². The molecule has 1 atom stereocenters. The number of ketones is 1. The molecule has 0 saturated carbocycles. The predicted octanol–water partition coefficient (Wildman–Crippen LogP) is 14.4. The molecule has 2 N–H and O–H groups in total. The minimum absolute atomic E-state index is 0. The Kier molecular flexibility index (Phi) is 22.1. The molecule has 0 saturated heterocycles. The Hall–Kier alpha value is -7.13. The minimum Gasteiger partial charge on any atom is -0.497 e. The molecule has 0 spiro atoms. The fourth-order valence-corrected chi connectivity index (χ4v) is 7.39. The van der Waals surface area contributed by atoms with Gasteiger partial charge in [0.25, 0.3) is 5.91 Å². The maximum Gasteiger partial charge on any atom is 0.255 e. The zero-order chi connectivity index (χ0) is 48.1. The van der Waals surface area contributed by atoms with Gasteiger partial charge in [-0.15, -0.1) is 11.8 Å². The molecule has 0 aliphatic heterocycles. The third kappa shape index (κ3) is 17.3. The number of hydrogen-bond acceptors (Lipinski definition) is 9. The van der Waals surface area contributed by atoms with E-state index < -0.39 is 9.84 Å². The summed E-state index contributed by atoms with van der Waals surface area (Å²) in [6.45, 7) is 9.59. The molecule has 0 radical (unpaired) electrons. The molecule has 0 aromatic heterocycles. The first kappa shape index (κ1) is 54.2. The molecule has 7 aromatic rings. The number of benzene rings is 7. The number of nitriles is 1. The van der Waals surface area contributed by atoms with E-state index in [0.29, 0.717) is 28.4 Å². The van der Waals surface area contributed by atoms with Crippen LogP contribution in [0, 0.1) is 31.1 Å². The first-order valence-electron chi connectivity index (χ1n) is 21.2. The average Bonchev–Trinajstić information content (AvgIpc) is 3.35. The fraction of sp³-hybridized carbons (Fsp3) is 0.196. The van der Waals surface area contributed by atoms with Crippen LogP contribution in [0.3, 0.4) is 0 Å². The molecule has 1 amide bonds. The van der Waals surface area contributed by atoms with Crippen molar-refractivity contribution in [3.05, 3.63) is 192 Å². The molecule has 348 valence electrons. The molecule has 0 aliphatic rings. The molecule has 1 unspecified atom stereocenters.